The molecule has 0 aliphatic heterocycles. The normalized spacial score (nSPS) is 10.1. The van der Waals surface area contributed by atoms with Crippen LogP contribution >= 0.6 is 34.8 Å². The molecule has 28 heavy (non-hydrogen) atoms. The Kier molecular flexibility index (Phi) is 8.65. The lowest BCUT2D eigenvalue weighted by Gasteiger charge is -2.14. The Balaban J connectivity index is 1.99. The van der Waals surface area contributed by atoms with E-state index in [-0.39, 0.29) is 16.9 Å². The van der Waals surface area contributed by atoms with E-state index in [9.17, 15) is 9.59 Å². The molecule has 0 aliphatic carbocycles. The number of benzene rings is 2. The zero-order chi connectivity index (χ0) is 20.5. The Morgan fingerprint density at radius 1 is 1.11 bits per heavy atom. The Hall–Kier alpha value is -2.20. The fraction of sp³-hybridized carbons (Fsp3) is 0.250. The van der Waals surface area contributed by atoms with Gasteiger partial charge in [-0.2, -0.15) is 0 Å². The summed E-state index contributed by atoms with van der Waals surface area (Å²) in [6.07, 6.45) is 2.26. The molecular weight excluding hydrogens is 489 g/mol. The summed E-state index contributed by atoms with van der Waals surface area (Å²) in [5, 5.41) is 8.60. The van der Waals surface area contributed by atoms with E-state index < -0.39 is 0 Å². The maximum absolute atomic E-state index is 12.2. The van der Waals surface area contributed by atoms with Crippen LogP contribution in [-0.2, 0) is 4.79 Å². The summed E-state index contributed by atoms with van der Waals surface area (Å²) in [4.78, 5) is 24.2. The number of hydrogen-bond acceptors (Lipinski definition) is 4. The Morgan fingerprint density at radius 3 is 2.46 bits per heavy atom. The van der Waals surface area contributed by atoms with E-state index in [1.807, 2.05) is 19.1 Å². The lowest BCUT2D eigenvalue weighted by Crippen LogP contribution is -2.34. The Labute approximate surface area is 183 Å². The van der Waals surface area contributed by atoms with Gasteiger partial charge in [0.25, 0.3) is 5.91 Å². The highest BCUT2D eigenvalue weighted by Gasteiger charge is 2.11. The number of nitrogens with one attached hydrogen (secondary N) is 3. The number of thiocarbonyl (C=S) groups is 1. The largest absolute Gasteiger partial charge is 0.494 e. The molecular formula is C20H22IN3O3S. The Bertz CT molecular complexity index is 856. The van der Waals surface area contributed by atoms with Crippen molar-refractivity contribution in [1.29, 1.82) is 0 Å². The Morgan fingerprint density at radius 2 is 1.82 bits per heavy atom. The highest BCUT2D eigenvalue weighted by atomic mass is 127. The highest BCUT2D eigenvalue weighted by molar-refractivity contribution is 14.1. The minimum Gasteiger partial charge on any atom is -0.494 e. The first-order valence-electron chi connectivity index (χ1n) is 8.78. The summed E-state index contributed by atoms with van der Waals surface area (Å²) in [5.74, 6) is 0.156. The highest BCUT2D eigenvalue weighted by Crippen LogP contribution is 2.28. The molecule has 0 radical (unpaired) electrons. The summed E-state index contributed by atoms with van der Waals surface area (Å²) >= 11 is 7.39. The van der Waals surface area contributed by atoms with E-state index in [0.29, 0.717) is 29.1 Å². The summed E-state index contributed by atoms with van der Waals surface area (Å²) in [6.45, 7) is 2.04. The van der Waals surface area contributed by atoms with Gasteiger partial charge in [0.15, 0.2) is 5.11 Å². The predicted molar refractivity (Wildman–Crippen MR) is 124 cm³/mol. The fourth-order valence-corrected chi connectivity index (χ4v) is 2.93. The van der Waals surface area contributed by atoms with Gasteiger partial charge in [-0.3, -0.25) is 14.9 Å². The summed E-state index contributed by atoms with van der Waals surface area (Å²) in [5.41, 5.74) is 1.74. The van der Waals surface area contributed by atoms with Crippen LogP contribution in [0.1, 0.15) is 36.5 Å². The molecule has 0 saturated carbocycles. The monoisotopic (exact) mass is 511 g/mol. The van der Waals surface area contributed by atoms with Crippen molar-refractivity contribution in [2.45, 2.75) is 26.2 Å². The molecule has 148 valence electrons. The molecule has 8 heteroatoms. The van der Waals surface area contributed by atoms with Crippen molar-refractivity contribution in [2.75, 3.05) is 17.7 Å². The molecule has 2 amide bonds. The fourth-order valence-electron chi connectivity index (χ4n) is 2.36. The van der Waals surface area contributed by atoms with Crippen LogP contribution in [0.2, 0.25) is 0 Å². The molecule has 2 aromatic rings. The molecule has 6 nitrogen and oxygen atoms in total. The lowest BCUT2D eigenvalue weighted by molar-refractivity contribution is -0.116. The first kappa shape index (κ1) is 22.1. The average molecular weight is 511 g/mol. The third-order valence-corrected chi connectivity index (χ3v) is 4.75. The number of unbranched alkanes of at least 4 members (excludes halogenated alkanes) is 1. The van der Waals surface area contributed by atoms with Gasteiger partial charge in [-0.15, -0.1) is 0 Å². The van der Waals surface area contributed by atoms with Gasteiger partial charge >= 0.3 is 0 Å². The first-order valence-corrected chi connectivity index (χ1v) is 10.3. The zero-order valence-corrected chi connectivity index (χ0v) is 18.6. The number of anilines is 2. The van der Waals surface area contributed by atoms with Crippen LogP contribution in [0.5, 0.6) is 5.75 Å². The minimum atomic E-state index is -0.291. The van der Waals surface area contributed by atoms with Crippen LogP contribution in [0, 0.1) is 3.57 Å². The minimum absolute atomic E-state index is 0.0545. The number of carbonyl (C=O) groups excluding carboxylic acids is 2. The van der Waals surface area contributed by atoms with Gasteiger partial charge in [0, 0.05) is 27.3 Å². The van der Waals surface area contributed by atoms with Crippen LogP contribution < -0.4 is 20.7 Å². The summed E-state index contributed by atoms with van der Waals surface area (Å²) < 4.78 is 6.39. The number of hydrogen-bond donors (Lipinski definition) is 3. The second-order valence-corrected chi connectivity index (χ2v) is 7.64. The number of ether oxygens (including phenoxy) is 1. The SMILES string of the molecule is CCCCC(=O)Nc1ccc(NC(=S)NC(=O)c2ccc(I)cc2)cc1OC. The molecule has 3 N–H and O–H groups in total. The van der Waals surface area contributed by atoms with Crippen LogP contribution in [0.3, 0.4) is 0 Å². The number of rotatable bonds is 7. The van der Waals surface area contributed by atoms with Crippen LogP contribution in [0.25, 0.3) is 0 Å². The smallest absolute Gasteiger partial charge is 0.257 e. The lowest BCUT2D eigenvalue weighted by atomic mass is 10.2. The first-order chi connectivity index (χ1) is 13.4. The molecule has 0 atom stereocenters. The number of methoxy groups -OCH3 is 1. The van der Waals surface area contributed by atoms with E-state index in [1.54, 1.807) is 30.3 Å². The predicted octanol–water partition coefficient (Wildman–Crippen LogP) is 4.56. The zero-order valence-electron chi connectivity index (χ0n) is 15.7. The second-order valence-electron chi connectivity index (χ2n) is 5.98. The van der Waals surface area contributed by atoms with Gasteiger partial charge in [0.1, 0.15) is 5.75 Å². The molecule has 0 unspecified atom stereocenters. The molecule has 0 aliphatic rings. The van der Waals surface area contributed by atoms with Crippen molar-refractivity contribution in [2.24, 2.45) is 0 Å². The summed E-state index contributed by atoms with van der Waals surface area (Å²) in [7, 11) is 1.53. The molecule has 0 saturated heterocycles. The van der Waals surface area contributed by atoms with Crippen LogP contribution in [0.15, 0.2) is 42.5 Å². The molecule has 0 heterocycles. The van der Waals surface area contributed by atoms with Crippen LogP contribution in [0.4, 0.5) is 11.4 Å². The molecule has 2 aromatic carbocycles. The second kappa shape index (κ2) is 11.0. The van der Waals surface area contributed by atoms with Crippen molar-refractivity contribution in [3.8, 4) is 5.75 Å². The molecule has 0 spiro atoms. The average Bonchev–Trinajstić information content (AvgIpc) is 2.67. The van der Waals surface area contributed by atoms with E-state index >= 15 is 0 Å². The third kappa shape index (κ3) is 6.75. The van der Waals surface area contributed by atoms with Gasteiger partial charge in [0.05, 0.1) is 12.8 Å². The van der Waals surface area contributed by atoms with Crippen molar-refractivity contribution >= 4 is 63.1 Å². The molecule has 2 rings (SSSR count). The topological polar surface area (TPSA) is 79.5 Å². The molecule has 0 bridgehead atoms. The third-order valence-electron chi connectivity index (χ3n) is 3.82. The van der Waals surface area contributed by atoms with Gasteiger partial charge in [-0.1, -0.05) is 13.3 Å². The molecule has 0 aromatic heterocycles. The van der Waals surface area contributed by atoms with Gasteiger partial charge in [-0.05, 0) is 77.6 Å². The van der Waals surface area contributed by atoms with Crippen molar-refractivity contribution in [1.82, 2.24) is 5.32 Å². The van der Waals surface area contributed by atoms with E-state index in [2.05, 4.69) is 38.5 Å². The van der Waals surface area contributed by atoms with Crippen LogP contribution in [-0.4, -0.2) is 24.0 Å². The van der Waals surface area contributed by atoms with Gasteiger partial charge in [-0.25, -0.2) is 0 Å². The van der Waals surface area contributed by atoms with Gasteiger partial charge < -0.3 is 15.4 Å². The van der Waals surface area contributed by atoms with E-state index in [0.717, 1.165) is 16.4 Å². The van der Waals surface area contributed by atoms with Crippen molar-refractivity contribution in [3.63, 3.8) is 0 Å². The standard InChI is InChI=1S/C20H22IN3O3S/c1-3-4-5-18(25)23-16-11-10-15(12-17(16)27-2)22-20(28)24-19(26)13-6-8-14(21)9-7-13/h6-12H,3-5H2,1-2H3,(H,23,25)(H2,22,24,26,28). The number of carbonyl (C=O) groups is 2. The number of halogens is 1. The number of amides is 2. The quantitative estimate of drug-likeness (QED) is 0.376. The molecule has 0 fully saturated rings. The van der Waals surface area contributed by atoms with Crippen molar-refractivity contribution < 1.29 is 14.3 Å². The maximum Gasteiger partial charge on any atom is 0.257 e. The van der Waals surface area contributed by atoms with E-state index in [1.165, 1.54) is 7.11 Å². The van der Waals surface area contributed by atoms with E-state index in [4.69, 9.17) is 17.0 Å². The maximum atomic E-state index is 12.2. The van der Waals surface area contributed by atoms with Crippen molar-refractivity contribution in [3.05, 3.63) is 51.6 Å². The van der Waals surface area contributed by atoms with Gasteiger partial charge in [0.2, 0.25) is 5.91 Å². The summed E-state index contributed by atoms with van der Waals surface area (Å²) in [6, 6.07) is 12.4.